The summed E-state index contributed by atoms with van der Waals surface area (Å²) in [6.45, 7) is 1.05. The van der Waals surface area contributed by atoms with Gasteiger partial charge in [-0.1, -0.05) is 43.2 Å². The van der Waals surface area contributed by atoms with Crippen LogP contribution in [0.5, 0.6) is 0 Å². The highest BCUT2D eigenvalue weighted by molar-refractivity contribution is 5.69. The molecule has 2 rings (SSSR count). The molecule has 3 heteroatoms. The molecule has 0 bridgehead atoms. The minimum atomic E-state index is -0.729. The largest absolute Gasteiger partial charge is 0.480 e. The summed E-state index contributed by atoms with van der Waals surface area (Å²) < 4.78 is 0. The second-order valence-corrected chi connectivity index (χ2v) is 4.64. The van der Waals surface area contributed by atoms with Crippen molar-refractivity contribution in [2.75, 3.05) is 13.1 Å². The molecule has 0 spiro atoms. The Bertz CT molecular complexity index is 364. The fourth-order valence-corrected chi connectivity index (χ4v) is 2.58. The van der Waals surface area contributed by atoms with Crippen molar-refractivity contribution in [1.82, 2.24) is 4.90 Å². The Balaban J connectivity index is 2.17. The van der Waals surface area contributed by atoms with Crippen molar-refractivity contribution >= 4 is 5.97 Å². The van der Waals surface area contributed by atoms with Gasteiger partial charge in [0.1, 0.15) is 0 Å². The summed E-state index contributed by atoms with van der Waals surface area (Å²) in [6.07, 6.45) is 4.57. The second kappa shape index (κ2) is 5.82. The van der Waals surface area contributed by atoms with Crippen molar-refractivity contribution in [3.63, 3.8) is 0 Å². The van der Waals surface area contributed by atoms with E-state index in [9.17, 15) is 4.79 Å². The number of likely N-dealkylation sites (tertiary alicyclic amines) is 1. The standard InChI is InChI=1S/C14H19NO2/c16-14(17)11-15-10-6-2-5-9-13(15)12-7-3-1-4-8-12/h1,3-4,7-8,13H,2,5-6,9-11H2,(H,16,17). The monoisotopic (exact) mass is 233 g/mol. The third-order valence-corrected chi connectivity index (χ3v) is 3.39. The van der Waals surface area contributed by atoms with Gasteiger partial charge in [0.05, 0.1) is 6.54 Å². The van der Waals surface area contributed by atoms with E-state index in [2.05, 4.69) is 17.0 Å². The Morgan fingerprint density at radius 1 is 1.24 bits per heavy atom. The van der Waals surface area contributed by atoms with E-state index in [0.29, 0.717) is 0 Å². The van der Waals surface area contributed by atoms with E-state index in [1.54, 1.807) is 0 Å². The first-order chi connectivity index (χ1) is 8.27. The highest BCUT2D eigenvalue weighted by Gasteiger charge is 2.23. The molecule has 17 heavy (non-hydrogen) atoms. The molecule has 1 fully saturated rings. The summed E-state index contributed by atoms with van der Waals surface area (Å²) in [5.74, 6) is -0.729. The topological polar surface area (TPSA) is 40.5 Å². The van der Waals surface area contributed by atoms with Gasteiger partial charge >= 0.3 is 5.97 Å². The second-order valence-electron chi connectivity index (χ2n) is 4.64. The molecule has 1 N–H and O–H groups in total. The summed E-state index contributed by atoms with van der Waals surface area (Å²) >= 11 is 0. The Hall–Kier alpha value is -1.35. The van der Waals surface area contributed by atoms with E-state index in [0.717, 1.165) is 19.4 Å². The van der Waals surface area contributed by atoms with E-state index in [1.165, 1.54) is 18.4 Å². The van der Waals surface area contributed by atoms with Crippen LogP contribution < -0.4 is 0 Å². The van der Waals surface area contributed by atoms with Crippen molar-refractivity contribution in [3.05, 3.63) is 35.9 Å². The van der Waals surface area contributed by atoms with Crippen molar-refractivity contribution in [2.24, 2.45) is 0 Å². The molecule has 1 saturated heterocycles. The SMILES string of the molecule is O=C(O)CN1CCCCCC1c1ccccc1. The van der Waals surface area contributed by atoms with Gasteiger partial charge in [0.25, 0.3) is 0 Å². The Labute approximate surface area is 102 Å². The van der Waals surface area contributed by atoms with Crippen molar-refractivity contribution < 1.29 is 9.90 Å². The number of benzene rings is 1. The van der Waals surface area contributed by atoms with Crippen molar-refractivity contribution in [1.29, 1.82) is 0 Å². The summed E-state index contributed by atoms with van der Waals surface area (Å²) in [5, 5.41) is 8.98. The maximum absolute atomic E-state index is 10.9. The summed E-state index contributed by atoms with van der Waals surface area (Å²) in [5.41, 5.74) is 1.25. The highest BCUT2D eigenvalue weighted by atomic mass is 16.4. The molecule has 1 aliphatic heterocycles. The van der Waals surface area contributed by atoms with Gasteiger partial charge in [-0.15, -0.1) is 0 Å². The first-order valence-corrected chi connectivity index (χ1v) is 6.28. The molecule has 0 aromatic heterocycles. The fourth-order valence-electron chi connectivity index (χ4n) is 2.58. The number of carbonyl (C=O) groups is 1. The van der Waals surface area contributed by atoms with Crippen molar-refractivity contribution in [3.8, 4) is 0 Å². The van der Waals surface area contributed by atoms with Gasteiger partial charge < -0.3 is 5.11 Å². The number of carboxylic acids is 1. The lowest BCUT2D eigenvalue weighted by molar-refractivity contribution is -0.138. The van der Waals surface area contributed by atoms with Crippen molar-refractivity contribution in [2.45, 2.75) is 31.7 Å². The first-order valence-electron chi connectivity index (χ1n) is 6.28. The van der Waals surface area contributed by atoms with Crippen LogP contribution in [0.3, 0.4) is 0 Å². The molecule has 1 heterocycles. The van der Waals surface area contributed by atoms with Gasteiger partial charge in [-0.05, 0) is 24.9 Å². The average molecular weight is 233 g/mol. The van der Waals surface area contributed by atoms with Gasteiger partial charge in [-0.25, -0.2) is 0 Å². The van der Waals surface area contributed by atoms with Crippen LogP contribution >= 0.6 is 0 Å². The predicted octanol–water partition coefficient (Wildman–Crippen LogP) is 2.69. The zero-order chi connectivity index (χ0) is 12.1. The van der Waals surface area contributed by atoms with Crippen LogP contribution in [0.1, 0.15) is 37.3 Å². The molecule has 0 aliphatic carbocycles. The highest BCUT2D eigenvalue weighted by Crippen LogP contribution is 2.29. The van der Waals surface area contributed by atoms with Gasteiger partial charge in [0.2, 0.25) is 0 Å². The third-order valence-electron chi connectivity index (χ3n) is 3.39. The Morgan fingerprint density at radius 2 is 2.00 bits per heavy atom. The average Bonchev–Trinajstić information content (AvgIpc) is 2.55. The smallest absolute Gasteiger partial charge is 0.317 e. The number of nitrogens with zero attached hydrogens (tertiary/aromatic N) is 1. The van der Waals surface area contributed by atoms with E-state index < -0.39 is 5.97 Å². The number of carboxylic acid groups (broad SMARTS) is 1. The molecule has 92 valence electrons. The lowest BCUT2D eigenvalue weighted by Crippen LogP contribution is -2.33. The number of hydrogen-bond acceptors (Lipinski definition) is 2. The van der Waals surface area contributed by atoms with Gasteiger partial charge in [0, 0.05) is 6.04 Å². The molecule has 1 unspecified atom stereocenters. The van der Waals surface area contributed by atoms with Crippen LogP contribution in [0.2, 0.25) is 0 Å². The molecule has 0 radical (unpaired) electrons. The number of rotatable bonds is 3. The molecule has 1 atom stereocenters. The quantitative estimate of drug-likeness (QED) is 0.872. The maximum Gasteiger partial charge on any atom is 0.317 e. The summed E-state index contributed by atoms with van der Waals surface area (Å²) in [6, 6.07) is 10.5. The van der Waals surface area contributed by atoms with Crippen LogP contribution in [0.15, 0.2) is 30.3 Å². The van der Waals surface area contributed by atoms with Gasteiger partial charge in [-0.2, -0.15) is 0 Å². The minimum absolute atomic E-state index is 0.152. The summed E-state index contributed by atoms with van der Waals surface area (Å²) in [4.78, 5) is 13.0. The molecular formula is C14H19NO2. The normalized spacial score (nSPS) is 22.0. The van der Waals surface area contributed by atoms with E-state index in [1.807, 2.05) is 18.2 Å². The molecule has 0 amide bonds. The number of hydrogen-bond donors (Lipinski definition) is 1. The Kier molecular flexibility index (Phi) is 4.15. The molecular weight excluding hydrogens is 214 g/mol. The number of aliphatic carboxylic acids is 1. The van der Waals surface area contributed by atoms with E-state index >= 15 is 0 Å². The lowest BCUT2D eigenvalue weighted by Gasteiger charge is -2.28. The molecule has 3 nitrogen and oxygen atoms in total. The summed E-state index contributed by atoms with van der Waals surface area (Å²) in [7, 11) is 0. The fraction of sp³-hybridized carbons (Fsp3) is 0.500. The molecule has 1 aliphatic rings. The molecule has 1 aromatic carbocycles. The third kappa shape index (κ3) is 3.30. The first kappa shape index (κ1) is 12.1. The van der Waals surface area contributed by atoms with Gasteiger partial charge in [0.15, 0.2) is 0 Å². The van der Waals surface area contributed by atoms with Crippen LogP contribution in [0.4, 0.5) is 0 Å². The predicted molar refractivity (Wildman–Crippen MR) is 66.9 cm³/mol. The lowest BCUT2D eigenvalue weighted by atomic mass is 10.0. The van der Waals surface area contributed by atoms with Crippen LogP contribution in [-0.4, -0.2) is 29.1 Å². The zero-order valence-electron chi connectivity index (χ0n) is 10.0. The maximum atomic E-state index is 10.9. The van der Waals surface area contributed by atoms with E-state index in [4.69, 9.17) is 5.11 Å². The van der Waals surface area contributed by atoms with Crippen LogP contribution in [-0.2, 0) is 4.79 Å². The zero-order valence-corrected chi connectivity index (χ0v) is 10.0. The molecule has 1 aromatic rings. The van der Waals surface area contributed by atoms with Crippen LogP contribution in [0, 0.1) is 0 Å². The van der Waals surface area contributed by atoms with E-state index in [-0.39, 0.29) is 12.6 Å². The van der Waals surface area contributed by atoms with Crippen LogP contribution in [0.25, 0.3) is 0 Å². The Morgan fingerprint density at radius 3 is 2.71 bits per heavy atom. The van der Waals surface area contributed by atoms with Gasteiger partial charge in [-0.3, -0.25) is 9.69 Å². The minimum Gasteiger partial charge on any atom is -0.480 e. The molecule has 0 saturated carbocycles.